The van der Waals surface area contributed by atoms with Crippen LogP contribution in [0.5, 0.6) is 11.5 Å². The minimum atomic E-state index is -4.03. The zero-order valence-electron chi connectivity index (χ0n) is 25.2. The number of carbonyl (C=O) groups excluding carboxylic acids is 1. The number of sulfonamides is 1. The quantitative estimate of drug-likeness (QED) is 0.188. The average molecular weight is 620 g/mol. The molecule has 5 aromatic rings. The van der Waals surface area contributed by atoms with E-state index in [9.17, 15) is 13.2 Å². The second-order valence-corrected chi connectivity index (χ2v) is 12.4. The van der Waals surface area contributed by atoms with E-state index in [1.165, 1.54) is 12.1 Å². The lowest BCUT2D eigenvalue weighted by atomic mass is 9.98. The number of aryl methyl sites for hydroxylation is 1. The highest BCUT2D eigenvalue weighted by Gasteiger charge is 2.41. The highest BCUT2D eigenvalue weighted by Crippen LogP contribution is 2.45. The van der Waals surface area contributed by atoms with E-state index < -0.39 is 16.2 Å². The first kappa shape index (κ1) is 29.8. The van der Waals surface area contributed by atoms with E-state index in [2.05, 4.69) is 9.62 Å². The number of fused-ring (bicyclic) bond motifs is 1. The summed E-state index contributed by atoms with van der Waals surface area (Å²) < 4.78 is 40.8. The number of nitrogens with one attached hydrogen (secondary N) is 1. The fourth-order valence-electron chi connectivity index (χ4n) is 5.59. The Labute approximate surface area is 263 Å². The van der Waals surface area contributed by atoms with Crippen molar-refractivity contribution in [2.75, 3.05) is 28.7 Å². The number of para-hydroxylation sites is 1. The Hall–Kier alpha value is -5.28. The maximum absolute atomic E-state index is 14.6. The first-order chi connectivity index (χ1) is 21.8. The van der Waals surface area contributed by atoms with Crippen LogP contribution in [0.4, 0.5) is 17.1 Å². The molecule has 1 N–H and O–H groups in total. The summed E-state index contributed by atoms with van der Waals surface area (Å²) in [5.41, 5.74) is 4.82. The van der Waals surface area contributed by atoms with Gasteiger partial charge in [0, 0.05) is 23.5 Å². The number of nitrogens with zero attached hydrogens (tertiary/aromatic N) is 2. The minimum absolute atomic E-state index is 0.0234. The fourth-order valence-corrected chi connectivity index (χ4v) is 6.68. The van der Waals surface area contributed by atoms with Crippen LogP contribution in [0.1, 0.15) is 33.2 Å². The van der Waals surface area contributed by atoms with E-state index in [-0.39, 0.29) is 16.4 Å². The lowest BCUT2D eigenvalue weighted by Crippen LogP contribution is -2.49. The van der Waals surface area contributed by atoms with Gasteiger partial charge in [0.2, 0.25) is 0 Å². The zero-order chi connectivity index (χ0) is 31.6. The average Bonchev–Trinajstić information content (AvgIpc) is 3.07. The minimum Gasteiger partial charge on any atom is -0.497 e. The van der Waals surface area contributed by atoms with Crippen LogP contribution in [-0.4, -0.2) is 28.5 Å². The van der Waals surface area contributed by atoms with Crippen LogP contribution in [0, 0.1) is 6.92 Å². The number of anilines is 3. The van der Waals surface area contributed by atoms with Crippen LogP contribution in [0.15, 0.2) is 126 Å². The largest absolute Gasteiger partial charge is 0.497 e. The van der Waals surface area contributed by atoms with E-state index in [4.69, 9.17) is 9.47 Å². The number of carbonyl (C=O) groups is 1. The molecule has 0 aromatic heterocycles. The van der Waals surface area contributed by atoms with Crippen molar-refractivity contribution in [2.45, 2.75) is 24.5 Å². The summed E-state index contributed by atoms with van der Waals surface area (Å²) in [5, 5.41) is 0. The van der Waals surface area contributed by atoms with Crippen LogP contribution < -0.4 is 24.0 Å². The molecule has 6 rings (SSSR count). The van der Waals surface area contributed by atoms with Gasteiger partial charge in [-0.2, -0.15) is 0 Å². The smallest absolute Gasteiger partial charge is 0.262 e. The van der Waals surface area contributed by atoms with Crippen molar-refractivity contribution in [3.05, 3.63) is 144 Å². The summed E-state index contributed by atoms with van der Waals surface area (Å²) in [6.07, 6.45) is -0.594. The molecule has 45 heavy (non-hydrogen) atoms. The van der Waals surface area contributed by atoms with Gasteiger partial charge < -0.3 is 14.4 Å². The number of methoxy groups -OCH3 is 2. The van der Waals surface area contributed by atoms with Crippen LogP contribution in [0.3, 0.4) is 0 Å². The Morgan fingerprint density at radius 2 is 1.47 bits per heavy atom. The van der Waals surface area contributed by atoms with Gasteiger partial charge in [-0.05, 0) is 73.2 Å². The van der Waals surface area contributed by atoms with Crippen LogP contribution in [-0.2, 0) is 16.6 Å². The number of rotatable bonds is 9. The van der Waals surface area contributed by atoms with Gasteiger partial charge in [-0.1, -0.05) is 66.2 Å². The Morgan fingerprint density at radius 1 is 0.778 bits per heavy atom. The SMILES string of the molecule is COc1ccc(NS(=O)(=O)c2ccc3c(c2)C(=O)N(c2ccc(C)cc2)[C@H](c2ccccc2OC)N3Cc2ccccc2)cc1. The maximum atomic E-state index is 14.6. The molecule has 8 nitrogen and oxygen atoms in total. The second-order valence-electron chi connectivity index (χ2n) is 10.8. The predicted molar refractivity (Wildman–Crippen MR) is 177 cm³/mol. The molecule has 1 amide bonds. The molecular formula is C36H33N3O5S. The lowest BCUT2D eigenvalue weighted by Gasteiger charge is -2.46. The van der Waals surface area contributed by atoms with Gasteiger partial charge in [0.1, 0.15) is 17.7 Å². The maximum Gasteiger partial charge on any atom is 0.262 e. The van der Waals surface area contributed by atoms with Gasteiger partial charge in [-0.15, -0.1) is 0 Å². The summed E-state index contributed by atoms with van der Waals surface area (Å²) in [6.45, 7) is 2.44. The van der Waals surface area contributed by atoms with Crippen molar-refractivity contribution in [3.63, 3.8) is 0 Å². The molecule has 1 heterocycles. The van der Waals surface area contributed by atoms with E-state index in [0.717, 1.165) is 16.7 Å². The highest BCUT2D eigenvalue weighted by atomic mass is 32.2. The van der Waals surface area contributed by atoms with Gasteiger partial charge in [0.25, 0.3) is 15.9 Å². The molecule has 0 aliphatic carbocycles. The van der Waals surface area contributed by atoms with Gasteiger partial charge in [-0.25, -0.2) is 8.42 Å². The Kier molecular flexibility index (Phi) is 8.19. The third-order valence-corrected chi connectivity index (χ3v) is 9.22. The van der Waals surface area contributed by atoms with Crippen molar-refractivity contribution in [1.82, 2.24) is 0 Å². The third kappa shape index (κ3) is 5.94. The highest BCUT2D eigenvalue weighted by molar-refractivity contribution is 7.92. The van der Waals surface area contributed by atoms with Gasteiger partial charge in [0.15, 0.2) is 0 Å². The molecular weight excluding hydrogens is 586 g/mol. The topological polar surface area (TPSA) is 88.2 Å². The first-order valence-corrected chi connectivity index (χ1v) is 15.9. The van der Waals surface area contributed by atoms with Crippen molar-refractivity contribution in [1.29, 1.82) is 0 Å². The van der Waals surface area contributed by atoms with Crippen LogP contribution in [0.2, 0.25) is 0 Å². The van der Waals surface area contributed by atoms with Crippen molar-refractivity contribution in [2.24, 2.45) is 0 Å². The molecule has 1 atom stereocenters. The summed E-state index contributed by atoms with van der Waals surface area (Å²) in [5.74, 6) is 0.920. The molecule has 0 fully saturated rings. The summed E-state index contributed by atoms with van der Waals surface area (Å²) in [6, 6.07) is 36.7. The number of hydrogen-bond donors (Lipinski definition) is 1. The van der Waals surface area contributed by atoms with E-state index in [0.29, 0.717) is 35.1 Å². The number of amides is 1. The second kappa shape index (κ2) is 12.4. The number of ether oxygens (including phenoxy) is 2. The standard InChI is InChI=1S/C36H33N3O5S/c1-25-13-17-28(18-14-25)39-35(31-11-7-8-12-34(31)44-3)38(24-26-9-5-4-6-10-26)33-22-21-30(23-32(33)36(39)40)45(41,42)37-27-15-19-29(43-2)20-16-27/h4-23,35,37H,24H2,1-3H3/t35-/m1/s1. The van der Waals surface area contributed by atoms with E-state index in [1.54, 1.807) is 49.5 Å². The third-order valence-electron chi connectivity index (χ3n) is 7.84. The van der Waals surface area contributed by atoms with E-state index in [1.807, 2.05) is 85.8 Å². The van der Waals surface area contributed by atoms with Crippen molar-refractivity contribution >= 4 is 33.0 Å². The Bertz CT molecular complexity index is 1930. The Morgan fingerprint density at radius 3 is 2.16 bits per heavy atom. The predicted octanol–water partition coefficient (Wildman–Crippen LogP) is 7.18. The molecule has 0 saturated carbocycles. The molecule has 1 aliphatic heterocycles. The molecule has 0 unspecified atom stereocenters. The summed E-state index contributed by atoms with van der Waals surface area (Å²) in [7, 11) is -0.873. The van der Waals surface area contributed by atoms with Gasteiger partial charge >= 0.3 is 0 Å². The molecule has 0 radical (unpaired) electrons. The molecule has 9 heteroatoms. The summed E-state index contributed by atoms with van der Waals surface area (Å²) >= 11 is 0. The number of benzene rings is 5. The van der Waals surface area contributed by atoms with Gasteiger partial charge in [-0.3, -0.25) is 14.4 Å². The van der Waals surface area contributed by atoms with Crippen LogP contribution in [0.25, 0.3) is 0 Å². The van der Waals surface area contributed by atoms with Crippen LogP contribution >= 0.6 is 0 Å². The first-order valence-electron chi connectivity index (χ1n) is 14.4. The fraction of sp³-hybridized carbons (Fsp3) is 0.139. The zero-order valence-corrected chi connectivity index (χ0v) is 26.0. The molecule has 1 aliphatic rings. The monoisotopic (exact) mass is 619 g/mol. The van der Waals surface area contributed by atoms with Crippen molar-refractivity contribution < 1.29 is 22.7 Å². The molecule has 5 aromatic carbocycles. The molecule has 0 bridgehead atoms. The molecule has 228 valence electrons. The normalized spacial score (nSPS) is 14.6. The lowest BCUT2D eigenvalue weighted by molar-refractivity contribution is 0.0967. The molecule has 0 saturated heterocycles. The van der Waals surface area contributed by atoms with Gasteiger partial charge in [0.05, 0.1) is 30.4 Å². The summed E-state index contributed by atoms with van der Waals surface area (Å²) in [4.78, 5) is 18.4. The molecule has 0 spiro atoms. The van der Waals surface area contributed by atoms with Crippen molar-refractivity contribution in [3.8, 4) is 11.5 Å². The Balaban J connectivity index is 1.52. The number of hydrogen-bond acceptors (Lipinski definition) is 6. The van der Waals surface area contributed by atoms with E-state index >= 15 is 0 Å².